The number of aliphatic hydroxyl groups is 1. The smallest absolute Gasteiger partial charge is 0.326 e. The summed E-state index contributed by atoms with van der Waals surface area (Å²) in [4.78, 5) is 29.9. The number of aliphatic hydroxyl groups excluding tert-OH is 1. The number of nitrogens with one attached hydrogen (secondary N) is 1. The van der Waals surface area contributed by atoms with Gasteiger partial charge >= 0.3 is 12.0 Å². The summed E-state index contributed by atoms with van der Waals surface area (Å²) in [5.74, 6) is -1.10. The number of carboxylic acids is 1. The number of carbonyl (C=O) groups excluding carboxylic acids is 1. The maximum absolute atomic E-state index is 12.2. The second-order valence-electron chi connectivity index (χ2n) is 5.09. The van der Waals surface area contributed by atoms with Gasteiger partial charge in [0.05, 0.1) is 12.1 Å². The number of urea groups is 1. The van der Waals surface area contributed by atoms with Crippen molar-refractivity contribution in [2.75, 3.05) is 6.54 Å². The maximum atomic E-state index is 12.2. The molecule has 1 unspecified atom stereocenters. The van der Waals surface area contributed by atoms with Crippen molar-refractivity contribution in [3.8, 4) is 0 Å². The molecule has 8 heteroatoms. The Kier molecular flexibility index (Phi) is 4.79. The monoisotopic (exact) mass is 313 g/mol. The molecule has 1 aliphatic rings. The molecule has 1 fully saturated rings. The van der Waals surface area contributed by atoms with Crippen LogP contribution in [0.4, 0.5) is 4.79 Å². The number of nitrogens with zero attached hydrogens (tertiary/aromatic N) is 2. The Labute approximate surface area is 126 Å². The SMILES string of the molecule is CCc1cnc(C(C)NC(=O)N2C[C@H](O)C[C@H]2C(=O)O)s1. The Balaban J connectivity index is 2.01. The van der Waals surface area contributed by atoms with Crippen LogP contribution < -0.4 is 5.32 Å². The van der Waals surface area contributed by atoms with Crippen LogP contribution in [-0.2, 0) is 11.2 Å². The number of carbonyl (C=O) groups is 2. The number of rotatable bonds is 4. The summed E-state index contributed by atoms with van der Waals surface area (Å²) in [6.07, 6.45) is 1.94. The number of aryl methyl sites for hydroxylation is 1. The molecule has 0 bridgehead atoms. The normalized spacial score (nSPS) is 23.1. The molecule has 0 aliphatic carbocycles. The molecule has 1 aromatic rings. The molecular formula is C13H19N3O4S. The molecule has 7 nitrogen and oxygen atoms in total. The van der Waals surface area contributed by atoms with Gasteiger partial charge in [0.1, 0.15) is 11.0 Å². The predicted molar refractivity (Wildman–Crippen MR) is 77.2 cm³/mol. The van der Waals surface area contributed by atoms with Crippen molar-refractivity contribution in [2.45, 2.75) is 44.9 Å². The molecule has 3 N–H and O–H groups in total. The number of carboxylic acid groups (broad SMARTS) is 1. The van der Waals surface area contributed by atoms with Gasteiger partial charge in [0.25, 0.3) is 0 Å². The largest absolute Gasteiger partial charge is 0.480 e. The van der Waals surface area contributed by atoms with E-state index in [1.807, 2.05) is 6.92 Å². The van der Waals surface area contributed by atoms with Crippen LogP contribution in [0.15, 0.2) is 6.20 Å². The lowest BCUT2D eigenvalue weighted by molar-refractivity contribution is -0.141. The van der Waals surface area contributed by atoms with Crippen molar-refractivity contribution in [2.24, 2.45) is 0 Å². The summed E-state index contributed by atoms with van der Waals surface area (Å²) in [5.41, 5.74) is 0. The van der Waals surface area contributed by atoms with Crippen molar-refractivity contribution in [1.82, 2.24) is 15.2 Å². The fourth-order valence-corrected chi connectivity index (χ4v) is 3.15. The van der Waals surface area contributed by atoms with Crippen molar-refractivity contribution in [3.05, 3.63) is 16.1 Å². The minimum Gasteiger partial charge on any atom is -0.480 e. The zero-order valence-electron chi connectivity index (χ0n) is 11.9. The quantitative estimate of drug-likeness (QED) is 0.769. The number of aromatic nitrogens is 1. The molecular weight excluding hydrogens is 294 g/mol. The van der Waals surface area contributed by atoms with E-state index in [4.69, 9.17) is 5.11 Å². The second kappa shape index (κ2) is 6.40. The third-order valence-corrected chi connectivity index (χ3v) is 4.78. The number of β-amino-alcohol motifs (C(OH)–C–C–N with tert-alkyl or cyclic N) is 1. The Morgan fingerprint density at radius 2 is 2.33 bits per heavy atom. The summed E-state index contributed by atoms with van der Waals surface area (Å²) < 4.78 is 0. The van der Waals surface area contributed by atoms with Gasteiger partial charge in [0.15, 0.2) is 0 Å². The number of amides is 2. The fraction of sp³-hybridized carbons (Fsp3) is 0.615. The lowest BCUT2D eigenvalue weighted by atomic mass is 10.2. The van der Waals surface area contributed by atoms with Gasteiger partial charge < -0.3 is 20.4 Å². The van der Waals surface area contributed by atoms with E-state index < -0.39 is 24.1 Å². The van der Waals surface area contributed by atoms with E-state index in [2.05, 4.69) is 10.3 Å². The highest BCUT2D eigenvalue weighted by molar-refractivity contribution is 7.11. The van der Waals surface area contributed by atoms with Gasteiger partial charge in [-0.2, -0.15) is 0 Å². The molecule has 2 rings (SSSR count). The first kappa shape index (κ1) is 15.7. The van der Waals surface area contributed by atoms with Gasteiger partial charge in [-0.25, -0.2) is 14.6 Å². The molecule has 1 saturated heterocycles. The van der Waals surface area contributed by atoms with Crippen LogP contribution >= 0.6 is 11.3 Å². The number of likely N-dealkylation sites (tertiary alicyclic amines) is 1. The number of aliphatic carboxylic acids is 1. The van der Waals surface area contributed by atoms with Crippen molar-refractivity contribution in [3.63, 3.8) is 0 Å². The predicted octanol–water partition coefficient (Wildman–Crippen LogP) is 0.996. The minimum absolute atomic E-state index is 0.0353. The standard InChI is InChI=1S/C13H19N3O4S/c1-3-9-5-14-11(21-9)7(2)15-13(20)16-6-8(17)4-10(16)12(18)19/h5,7-8,10,17H,3-4,6H2,1-2H3,(H,15,20)(H,18,19)/t7?,8-,10+/m1/s1. The topological polar surface area (TPSA) is 103 Å². The first-order valence-corrected chi connectivity index (χ1v) is 7.66. The summed E-state index contributed by atoms with van der Waals surface area (Å²) in [6.45, 7) is 3.87. The Morgan fingerprint density at radius 3 is 2.90 bits per heavy atom. The molecule has 0 aromatic carbocycles. The average Bonchev–Trinajstić information content (AvgIpc) is 3.04. The molecule has 1 aliphatic heterocycles. The minimum atomic E-state index is -1.10. The summed E-state index contributed by atoms with van der Waals surface area (Å²) in [5, 5.41) is 22.2. The van der Waals surface area contributed by atoms with Crippen molar-refractivity contribution < 1.29 is 19.8 Å². The molecule has 0 saturated carbocycles. The Morgan fingerprint density at radius 1 is 1.62 bits per heavy atom. The van der Waals surface area contributed by atoms with E-state index in [1.54, 1.807) is 13.1 Å². The molecule has 0 radical (unpaired) electrons. The van der Waals surface area contributed by atoms with Crippen LogP contribution in [0.25, 0.3) is 0 Å². The number of hydrogen-bond donors (Lipinski definition) is 3. The highest BCUT2D eigenvalue weighted by Gasteiger charge is 2.39. The van der Waals surface area contributed by atoms with Crippen molar-refractivity contribution >= 4 is 23.3 Å². The molecule has 0 spiro atoms. The van der Waals surface area contributed by atoms with E-state index in [0.717, 1.165) is 21.2 Å². The van der Waals surface area contributed by atoms with E-state index in [1.165, 1.54) is 11.3 Å². The first-order valence-electron chi connectivity index (χ1n) is 6.85. The second-order valence-corrected chi connectivity index (χ2v) is 6.23. The van der Waals surface area contributed by atoms with Gasteiger partial charge in [-0.15, -0.1) is 11.3 Å². The van der Waals surface area contributed by atoms with E-state index in [9.17, 15) is 14.7 Å². The summed E-state index contributed by atoms with van der Waals surface area (Å²) in [6, 6.07) is -1.76. The molecule has 3 atom stereocenters. The molecule has 1 aromatic heterocycles. The lowest BCUT2D eigenvalue weighted by Gasteiger charge is -2.23. The molecule has 2 heterocycles. The van der Waals surface area contributed by atoms with E-state index in [-0.39, 0.29) is 19.0 Å². The highest BCUT2D eigenvalue weighted by Crippen LogP contribution is 2.22. The summed E-state index contributed by atoms with van der Waals surface area (Å²) >= 11 is 1.52. The van der Waals surface area contributed by atoms with E-state index in [0.29, 0.717) is 0 Å². The van der Waals surface area contributed by atoms with Gasteiger partial charge in [0.2, 0.25) is 0 Å². The zero-order valence-corrected chi connectivity index (χ0v) is 12.8. The van der Waals surface area contributed by atoms with Gasteiger partial charge in [0, 0.05) is 24.0 Å². The van der Waals surface area contributed by atoms with Gasteiger partial charge in [-0.3, -0.25) is 0 Å². The van der Waals surface area contributed by atoms with Gasteiger partial charge in [-0.05, 0) is 13.3 Å². The maximum Gasteiger partial charge on any atom is 0.326 e. The third kappa shape index (κ3) is 3.51. The average molecular weight is 313 g/mol. The molecule has 21 heavy (non-hydrogen) atoms. The van der Waals surface area contributed by atoms with Crippen LogP contribution in [0.3, 0.4) is 0 Å². The number of thiazole rings is 1. The van der Waals surface area contributed by atoms with Crippen LogP contribution in [0.5, 0.6) is 0 Å². The third-order valence-electron chi connectivity index (χ3n) is 3.46. The Bertz CT molecular complexity index is 533. The molecule has 116 valence electrons. The number of hydrogen-bond acceptors (Lipinski definition) is 5. The fourth-order valence-electron chi connectivity index (χ4n) is 2.29. The zero-order chi connectivity index (χ0) is 15.6. The van der Waals surface area contributed by atoms with Crippen molar-refractivity contribution in [1.29, 1.82) is 0 Å². The van der Waals surface area contributed by atoms with Crippen LogP contribution in [-0.4, -0.2) is 50.8 Å². The van der Waals surface area contributed by atoms with Crippen LogP contribution in [0.2, 0.25) is 0 Å². The summed E-state index contributed by atoms with van der Waals surface area (Å²) in [7, 11) is 0. The first-order chi connectivity index (χ1) is 9.92. The molecule has 2 amide bonds. The van der Waals surface area contributed by atoms with E-state index >= 15 is 0 Å². The van der Waals surface area contributed by atoms with Crippen LogP contribution in [0, 0.1) is 0 Å². The lowest BCUT2D eigenvalue weighted by Crippen LogP contribution is -2.46. The highest BCUT2D eigenvalue weighted by atomic mass is 32.1. The van der Waals surface area contributed by atoms with Crippen LogP contribution in [0.1, 0.15) is 36.2 Å². The Hall–Kier alpha value is -1.67. The van der Waals surface area contributed by atoms with Gasteiger partial charge in [-0.1, -0.05) is 6.92 Å².